The SMILES string of the molecule is CCC(C)(CC)C(C)C(C(=O)O)C(O)(C(=O)O)C(C(=O)O)(C(C)C(C)(CC)CC)C(C)C(C)(CC)CC. The van der Waals surface area contributed by atoms with Gasteiger partial charge in [0, 0.05) is 0 Å². The molecule has 0 bridgehead atoms. The van der Waals surface area contributed by atoms with E-state index in [2.05, 4.69) is 0 Å². The molecule has 0 saturated heterocycles. The van der Waals surface area contributed by atoms with E-state index in [1.165, 1.54) is 0 Å². The summed E-state index contributed by atoms with van der Waals surface area (Å²) in [4.78, 5) is 40.1. The van der Waals surface area contributed by atoms with Crippen molar-refractivity contribution in [2.45, 2.75) is 127 Å². The summed E-state index contributed by atoms with van der Waals surface area (Å²) in [5.41, 5.74) is -7.32. The van der Waals surface area contributed by atoms with Crippen LogP contribution in [0.5, 0.6) is 0 Å². The van der Waals surface area contributed by atoms with Crippen molar-refractivity contribution < 1.29 is 34.8 Å². The van der Waals surface area contributed by atoms with Crippen LogP contribution in [-0.2, 0) is 14.4 Å². The molecular weight excluding hydrogens is 472 g/mol. The van der Waals surface area contributed by atoms with Gasteiger partial charge in [0.1, 0.15) is 11.3 Å². The molecule has 0 spiro atoms. The maximum atomic E-state index is 13.7. The fourth-order valence-corrected chi connectivity index (χ4v) is 7.01. The molecule has 5 unspecified atom stereocenters. The van der Waals surface area contributed by atoms with Crippen molar-refractivity contribution in [2.75, 3.05) is 0 Å². The summed E-state index contributed by atoms with van der Waals surface area (Å²) in [6.07, 6.45) is 3.30. The van der Waals surface area contributed by atoms with Crippen molar-refractivity contribution in [3.05, 3.63) is 0 Å². The van der Waals surface area contributed by atoms with E-state index in [1.54, 1.807) is 20.8 Å². The third-order valence-corrected chi connectivity index (χ3v) is 11.9. The molecule has 37 heavy (non-hydrogen) atoms. The van der Waals surface area contributed by atoms with Crippen LogP contribution in [0.15, 0.2) is 0 Å². The minimum absolute atomic E-state index is 0.548. The lowest BCUT2D eigenvalue weighted by Gasteiger charge is -2.59. The highest BCUT2D eigenvalue weighted by Gasteiger charge is 2.74. The Kier molecular flexibility index (Phi) is 11.9. The van der Waals surface area contributed by atoms with Gasteiger partial charge in [-0.25, -0.2) is 4.79 Å². The van der Waals surface area contributed by atoms with Gasteiger partial charge >= 0.3 is 17.9 Å². The van der Waals surface area contributed by atoms with Crippen LogP contribution in [0.25, 0.3) is 0 Å². The summed E-state index contributed by atoms with van der Waals surface area (Å²) in [7, 11) is 0. The Bertz CT molecular complexity index is 768. The topological polar surface area (TPSA) is 132 Å². The molecule has 7 heteroatoms. The van der Waals surface area contributed by atoms with E-state index >= 15 is 0 Å². The molecule has 4 N–H and O–H groups in total. The zero-order chi connectivity index (χ0) is 29.8. The van der Waals surface area contributed by atoms with E-state index in [-0.39, 0.29) is 0 Å². The molecule has 0 aromatic rings. The quantitative estimate of drug-likeness (QED) is 0.160. The van der Waals surface area contributed by atoms with Crippen LogP contribution in [-0.4, -0.2) is 43.9 Å². The van der Waals surface area contributed by atoms with Crippen LogP contribution in [0.1, 0.15) is 122 Å². The van der Waals surface area contributed by atoms with Gasteiger partial charge in [0.25, 0.3) is 0 Å². The second kappa shape index (κ2) is 12.5. The predicted molar refractivity (Wildman–Crippen MR) is 147 cm³/mol. The smallest absolute Gasteiger partial charge is 0.337 e. The Labute approximate surface area is 225 Å². The molecule has 0 amide bonds. The van der Waals surface area contributed by atoms with E-state index in [9.17, 15) is 34.8 Å². The van der Waals surface area contributed by atoms with Gasteiger partial charge < -0.3 is 20.4 Å². The van der Waals surface area contributed by atoms with Crippen LogP contribution in [0.2, 0.25) is 0 Å². The number of aliphatic hydroxyl groups is 1. The average molecular weight is 529 g/mol. The largest absolute Gasteiger partial charge is 0.481 e. The number of carboxylic acids is 3. The van der Waals surface area contributed by atoms with Crippen LogP contribution < -0.4 is 0 Å². The van der Waals surface area contributed by atoms with Gasteiger partial charge in [0.2, 0.25) is 0 Å². The maximum Gasteiger partial charge on any atom is 0.337 e. The first-order valence-electron chi connectivity index (χ1n) is 14.2. The van der Waals surface area contributed by atoms with E-state index in [0.717, 1.165) is 0 Å². The highest BCUT2D eigenvalue weighted by Crippen LogP contribution is 2.63. The Morgan fingerprint density at radius 1 is 0.595 bits per heavy atom. The molecule has 0 aliphatic carbocycles. The fourth-order valence-electron chi connectivity index (χ4n) is 7.01. The number of carboxylic acid groups (broad SMARTS) is 3. The summed E-state index contributed by atoms with van der Waals surface area (Å²) in [5.74, 6) is -9.09. The Balaban J connectivity index is 8.27. The average Bonchev–Trinajstić information content (AvgIpc) is 2.86. The summed E-state index contributed by atoms with van der Waals surface area (Å²) in [6.45, 7) is 22.3. The van der Waals surface area contributed by atoms with Gasteiger partial charge in [0.15, 0.2) is 5.60 Å². The molecule has 0 fully saturated rings. The zero-order valence-corrected chi connectivity index (χ0v) is 25.6. The van der Waals surface area contributed by atoms with Crippen LogP contribution in [0.4, 0.5) is 0 Å². The Hall–Kier alpha value is -1.63. The molecular formula is C30H56O7. The summed E-state index contributed by atoms with van der Waals surface area (Å²) in [6, 6.07) is 0. The molecule has 0 rings (SSSR count). The number of aliphatic carboxylic acids is 3. The lowest BCUT2D eigenvalue weighted by Crippen LogP contribution is -2.73. The van der Waals surface area contributed by atoms with Gasteiger partial charge in [0.05, 0.1) is 0 Å². The number of hydrogen-bond acceptors (Lipinski definition) is 4. The lowest BCUT2D eigenvalue weighted by atomic mass is 9.43. The molecule has 5 atom stereocenters. The molecule has 218 valence electrons. The van der Waals surface area contributed by atoms with Crippen LogP contribution in [0.3, 0.4) is 0 Å². The van der Waals surface area contributed by atoms with Crippen molar-refractivity contribution in [3.63, 3.8) is 0 Å². The van der Waals surface area contributed by atoms with Crippen LogP contribution in [0, 0.1) is 45.3 Å². The Morgan fingerprint density at radius 2 is 0.892 bits per heavy atom. The van der Waals surface area contributed by atoms with E-state index in [1.807, 2.05) is 62.3 Å². The predicted octanol–water partition coefficient (Wildman–Crippen LogP) is 6.96. The summed E-state index contributed by atoms with van der Waals surface area (Å²) in [5, 5.41) is 45.2. The normalized spacial score (nSPS) is 19.7. The highest BCUT2D eigenvalue weighted by molar-refractivity contribution is 5.94. The molecule has 0 aliphatic heterocycles. The van der Waals surface area contributed by atoms with Crippen molar-refractivity contribution in [1.82, 2.24) is 0 Å². The minimum atomic E-state index is -3.08. The number of hydrogen-bond donors (Lipinski definition) is 4. The summed E-state index contributed by atoms with van der Waals surface area (Å²) < 4.78 is 0. The third kappa shape index (κ3) is 5.44. The van der Waals surface area contributed by atoms with Gasteiger partial charge in [-0.3, -0.25) is 9.59 Å². The standard InChI is InChI=1S/C30H56O7/c1-13-26(10,14-2)19(7)22(23(31)32)30(37,25(35)36)29(24(33)34,20(8)27(11,15-3)16-4)21(9)28(12,17-5)18-6/h19-22,37H,13-18H2,1-12H3,(H,31,32)(H,33,34)(H,35,36). The minimum Gasteiger partial charge on any atom is -0.481 e. The first kappa shape index (κ1) is 35.4. The second-order valence-corrected chi connectivity index (χ2v) is 12.4. The van der Waals surface area contributed by atoms with Crippen molar-refractivity contribution >= 4 is 17.9 Å². The van der Waals surface area contributed by atoms with Crippen molar-refractivity contribution in [2.24, 2.45) is 45.3 Å². The first-order valence-corrected chi connectivity index (χ1v) is 14.2. The fraction of sp³-hybridized carbons (Fsp3) is 0.900. The number of rotatable bonds is 17. The third-order valence-electron chi connectivity index (χ3n) is 11.9. The molecule has 0 aromatic heterocycles. The maximum absolute atomic E-state index is 13.7. The summed E-state index contributed by atoms with van der Waals surface area (Å²) >= 11 is 0. The second-order valence-electron chi connectivity index (χ2n) is 12.4. The van der Waals surface area contributed by atoms with Crippen molar-refractivity contribution in [1.29, 1.82) is 0 Å². The van der Waals surface area contributed by atoms with Crippen LogP contribution >= 0.6 is 0 Å². The van der Waals surface area contributed by atoms with Gasteiger partial charge in [-0.05, 0) is 34.0 Å². The molecule has 0 radical (unpaired) electrons. The van der Waals surface area contributed by atoms with Gasteiger partial charge in [-0.1, -0.05) is 122 Å². The number of carbonyl (C=O) groups is 3. The van der Waals surface area contributed by atoms with Gasteiger partial charge in [-0.2, -0.15) is 0 Å². The van der Waals surface area contributed by atoms with Gasteiger partial charge in [-0.15, -0.1) is 0 Å². The highest BCUT2D eigenvalue weighted by atomic mass is 16.4. The van der Waals surface area contributed by atoms with E-state index < -0.39 is 68.8 Å². The molecule has 7 nitrogen and oxygen atoms in total. The lowest BCUT2D eigenvalue weighted by molar-refractivity contribution is -0.244. The molecule has 0 aliphatic rings. The van der Waals surface area contributed by atoms with E-state index in [0.29, 0.717) is 38.5 Å². The monoisotopic (exact) mass is 528 g/mol. The van der Waals surface area contributed by atoms with E-state index in [4.69, 9.17) is 0 Å². The Morgan fingerprint density at radius 3 is 1.08 bits per heavy atom. The molecule has 0 heterocycles. The first-order chi connectivity index (χ1) is 16.8. The molecule has 0 saturated carbocycles. The molecule has 0 aromatic carbocycles. The van der Waals surface area contributed by atoms with Crippen molar-refractivity contribution in [3.8, 4) is 0 Å². The zero-order valence-electron chi connectivity index (χ0n) is 25.6.